The van der Waals surface area contributed by atoms with Crippen molar-refractivity contribution in [2.24, 2.45) is 10.4 Å². The number of benzene rings is 2. The van der Waals surface area contributed by atoms with Gasteiger partial charge in [-0.25, -0.2) is 4.99 Å². The molecule has 30 heavy (non-hydrogen) atoms. The summed E-state index contributed by atoms with van der Waals surface area (Å²) in [5, 5.41) is 7.27. The van der Waals surface area contributed by atoms with Gasteiger partial charge in [0, 0.05) is 29.7 Å². The van der Waals surface area contributed by atoms with Gasteiger partial charge in [0.25, 0.3) is 5.91 Å². The minimum atomic E-state index is -0.842. The SMILES string of the molecule is CN1C(=O)C(NC(=S)NCCC(C)(C)C)N=C(c2ccccc2)c2cc(Cl)ccc21. The van der Waals surface area contributed by atoms with Crippen LogP contribution in [0.15, 0.2) is 53.5 Å². The Balaban J connectivity index is 1.93. The zero-order valence-electron chi connectivity index (χ0n) is 17.7. The van der Waals surface area contributed by atoms with Gasteiger partial charge in [0.2, 0.25) is 6.17 Å². The fourth-order valence-electron chi connectivity index (χ4n) is 3.19. The molecule has 0 aliphatic carbocycles. The van der Waals surface area contributed by atoms with E-state index in [-0.39, 0.29) is 11.3 Å². The van der Waals surface area contributed by atoms with Crippen molar-refractivity contribution < 1.29 is 4.79 Å². The number of hydrogen-bond donors (Lipinski definition) is 2. The molecule has 158 valence electrons. The minimum Gasteiger partial charge on any atom is -0.363 e. The van der Waals surface area contributed by atoms with Crippen molar-refractivity contribution in [2.75, 3.05) is 18.5 Å². The highest BCUT2D eigenvalue weighted by molar-refractivity contribution is 7.80. The summed E-state index contributed by atoms with van der Waals surface area (Å²) in [7, 11) is 1.74. The van der Waals surface area contributed by atoms with E-state index in [0.717, 1.165) is 29.8 Å². The Labute approximate surface area is 188 Å². The van der Waals surface area contributed by atoms with Crippen molar-refractivity contribution >= 4 is 46.2 Å². The Kier molecular flexibility index (Phi) is 6.78. The lowest BCUT2D eigenvalue weighted by Crippen LogP contribution is -2.49. The molecule has 0 aromatic heterocycles. The topological polar surface area (TPSA) is 56.7 Å². The van der Waals surface area contributed by atoms with Gasteiger partial charge in [0.1, 0.15) is 0 Å². The molecule has 0 radical (unpaired) electrons. The average molecular weight is 443 g/mol. The molecule has 1 atom stereocenters. The highest BCUT2D eigenvalue weighted by atomic mass is 35.5. The van der Waals surface area contributed by atoms with Crippen molar-refractivity contribution in [1.29, 1.82) is 0 Å². The van der Waals surface area contributed by atoms with Gasteiger partial charge in [-0.1, -0.05) is 62.7 Å². The van der Waals surface area contributed by atoms with Crippen LogP contribution in [0.3, 0.4) is 0 Å². The second-order valence-electron chi connectivity index (χ2n) is 8.52. The molecule has 5 nitrogen and oxygen atoms in total. The van der Waals surface area contributed by atoms with E-state index < -0.39 is 6.17 Å². The van der Waals surface area contributed by atoms with E-state index in [1.165, 1.54) is 0 Å². The molecule has 1 aliphatic rings. The van der Waals surface area contributed by atoms with Crippen LogP contribution in [0.1, 0.15) is 38.3 Å². The van der Waals surface area contributed by atoms with Crippen molar-refractivity contribution in [1.82, 2.24) is 10.6 Å². The highest BCUT2D eigenvalue weighted by Crippen LogP contribution is 2.29. The molecule has 0 bridgehead atoms. The maximum absolute atomic E-state index is 13.2. The maximum atomic E-state index is 13.2. The Morgan fingerprint density at radius 3 is 2.57 bits per heavy atom. The molecule has 2 aromatic carbocycles. The standard InChI is InChI=1S/C23H27ClN4OS/c1-23(2,3)12-13-25-22(30)27-20-21(29)28(4)18-11-10-16(24)14-17(18)19(26-20)15-8-6-5-7-9-15/h5-11,14,20H,12-13H2,1-4H3,(H2,25,27,30). The van der Waals surface area contributed by atoms with Crippen LogP contribution in [-0.2, 0) is 4.79 Å². The molecule has 1 aliphatic heterocycles. The number of carbonyl (C=O) groups excluding carboxylic acids is 1. The lowest BCUT2D eigenvalue weighted by molar-refractivity contribution is -0.119. The van der Waals surface area contributed by atoms with Crippen molar-refractivity contribution in [3.63, 3.8) is 0 Å². The van der Waals surface area contributed by atoms with Gasteiger partial charge in [0.15, 0.2) is 5.11 Å². The molecule has 1 amide bonds. The predicted octanol–water partition coefficient (Wildman–Crippen LogP) is 4.38. The van der Waals surface area contributed by atoms with Crippen molar-refractivity contribution in [3.8, 4) is 0 Å². The van der Waals surface area contributed by atoms with E-state index in [1.54, 1.807) is 18.0 Å². The van der Waals surface area contributed by atoms with E-state index in [0.29, 0.717) is 15.8 Å². The molecular formula is C23H27ClN4OS. The Morgan fingerprint density at radius 2 is 1.90 bits per heavy atom. The van der Waals surface area contributed by atoms with Crippen molar-refractivity contribution in [3.05, 3.63) is 64.7 Å². The number of carbonyl (C=O) groups is 1. The molecule has 2 N–H and O–H groups in total. The first-order valence-electron chi connectivity index (χ1n) is 9.91. The summed E-state index contributed by atoms with van der Waals surface area (Å²) in [6, 6.07) is 15.2. The number of benzodiazepines with no additional fused rings is 1. The largest absolute Gasteiger partial charge is 0.363 e. The molecule has 3 rings (SSSR count). The van der Waals surface area contributed by atoms with Crippen molar-refractivity contribution in [2.45, 2.75) is 33.4 Å². The van der Waals surface area contributed by atoms with Crippen LogP contribution in [0.25, 0.3) is 0 Å². The van der Waals surface area contributed by atoms with Gasteiger partial charge >= 0.3 is 0 Å². The van der Waals surface area contributed by atoms with Gasteiger partial charge in [-0.15, -0.1) is 0 Å². The van der Waals surface area contributed by atoms with Crippen LogP contribution >= 0.6 is 23.8 Å². The summed E-state index contributed by atoms with van der Waals surface area (Å²) in [6.07, 6.45) is 0.113. The molecule has 0 spiro atoms. The fourth-order valence-corrected chi connectivity index (χ4v) is 3.58. The number of hydrogen-bond acceptors (Lipinski definition) is 3. The molecule has 0 saturated carbocycles. The van der Waals surface area contributed by atoms with E-state index >= 15 is 0 Å². The van der Waals surface area contributed by atoms with Crippen LogP contribution in [0, 0.1) is 5.41 Å². The molecule has 0 saturated heterocycles. The van der Waals surface area contributed by atoms with E-state index in [9.17, 15) is 4.79 Å². The van der Waals surface area contributed by atoms with Crippen LogP contribution < -0.4 is 15.5 Å². The first kappa shape index (κ1) is 22.2. The summed E-state index contributed by atoms with van der Waals surface area (Å²) >= 11 is 11.7. The number of rotatable bonds is 4. The first-order valence-corrected chi connectivity index (χ1v) is 10.7. The number of nitrogens with one attached hydrogen (secondary N) is 2. The number of thiocarbonyl (C=S) groups is 1. The average Bonchev–Trinajstić information content (AvgIpc) is 2.78. The summed E-state index contributed by atoms with van der Waals surface area (Å²) in [5.41, 5.74) is 3.35. The number of halogens is 1. The summed E-state index contributed by atoms with van der Waals surface area (Å²) in [4.78, 5) is 19.6. The quantitative estimate of drug-likeness (QED) is 0.690. The summed E-state index contributed by atoms with van der Waals surface area (Å²) in [6.45, 7) is 7.24. The molecule has 1 heterocycles. The molecular weight excluding hydrogens is 416 g/mol. The number of aliphatic imine (C=N–C) groups is 1. The summed E-state index contributed by atoms with van der Waals surface area (Å²) < 4.78 is 0. The number of amides is 1. The smallest absolute Gasteiger partial charge is 0.272 e. The van der Waals surface area contributed by atoms with E-state index in [2.05, 4.69) is 31.4 Å². The molecule has 7 heteroatoms. The zero-order chi connectivity index (χ0) is 21.9. The fraction of sp³-hybridized carbons (Fsp3) is 0.348. The van der Waals surface area contributed by atoms with Crippen LogP contribution in [0.4, 0.5) is 5.69 Å². The third kappa shape index (κ3) is 5.37. The van der Waals surface area contributed by atoms with E-state index in [4.69, 9.17) is 28.8 Å². The molecule has 1 unspecified atom stereocenters. The third-order valence-electron chi connectivity index (χ3n) is 4.87. The molecule has 0 fully saturated rings. The van der Waals surface area contributed by atoms with Gasteiger partial charge < -0.3 is 15.5 Å². The number of likely N-dealkylation sites (N-methyl/N-ethyl adjacent to an activating group) is 1. The first-order chi connectivity index (χ1) is 14.2. The monoisotopic (exact) mass is 442 g/mol. The number of anilines is 1. The Morgan fingerprint density at radius 1 is 1.20 bits per heavy atom. The van der Waals surface area contributed by atoms with Gasteiger partial charge in [-0.3, -0.25) is 4.79 Å². The van der Waals surface area contributed by atoms with Gasteiger partial charge in [0.05, 0.1) is 11.4 Å². The van der Waals surface area contributed by atoms with Crippen LogP contribution in [-0.4, -0.2) is 36.5 Å². The highest BCUT2D eigenvalue weighted by Gasteiger charge is 2.30. The lowest BCUT2D eigenvalue weighted by atomic mass is 9.92. The summed E-state index contributed by atoms with van der Waals surface area (Å²) in [5.74, 6) is -0.190. The molecule has 2 aromatic rings. The van der Waals surface area contributed by atoms with Gasteiger partial charge in [-0.2, -0.15) is 0 Å². The predicted molar refractivity (Wildman–Crippen MR) is 129 cm³/mol. The Hall–Kier alpha value is -2.44. The van der Waals surface area contributed by atoms with Crippen LogP contribution in [0.5, 0.6) is 0 Å². The second kappa shape index (κ2) is 9.14. The Bertz CT molecular complexity index is 969. The minimum absolute atomic E-state index is 0.190. The van der Waals surface area contributed by atoms with E-state index in [1.807, 2.05) is 42.5 Å². The lowest BCUT2D eigenvalue weighted by Gasteiger charge is -2.23. The maximum Gasteiger partial charge on any atom is 0.272 e. The normalized spacial score (nSPS) is 16.4. The second-order valence-corrected chi connectivity index (χ2v) is 9.36. The third-order valence-corrected chi connectivity index (χ3v) is 5.37. The van der Waals surface area contributed by atoms with Gasteiger partial charge in [-0.05, 0) is 42.3 Å². The number of fused-ring (bicyclic) bond motifs is 1. The number of nitrogens with zero attached hydrogens (tertiary/aromatic N) is 2. The van der Waals surface area contributed by atoms with Crippen LogP contribution in [0.2, 0.25) is 5.02 Å². The zero-order valence-corrected chi connectivity index (χ0v) is 19.3.